The third kappa shape index (κ3) is 5.25. The maximum atomic E-state index is 11.8. The third-order valence-electron chi connectivity index (χ3n) is 2.15. The largest absolute Gasteiger partial charge is 0.462 e. The zero-order chi connectivity index (χ0) is 12.7. The summed E-state index contributed by atoms with van der Waals surface area (Å²) in [7, 11) is 1.57. The summed E-state index contributed by atoms with van der Waals surface area (Å²) in [6.45, 7) is 0.0141. The maximum Gasteiger partial charge on any atom is 0.261 e. The van der Waals surface area contributed by atoms with Crippen LogP contribution in [0, 0.1) is 0 Å². The van der Waals surface area contributed by atoms with Gasteiger partial charge in [0, 0.05) is 13.7 Å². The van der Waals surface area contributed by atoms with E-state index in [9.17, 15) is 8.78 Å². The lowest BCUT2D eigenvalue weighted by Gasteiger charge is -2.09. The summed E-state index contributed by atoms with van der Waals surface area (Å²) < 4.78 is 38.6. The number of furan rings is 1. The molecule has 0 aliphatic carbocycles. The molecule has 0 saturated carbocycles. The minimum Gasteiger partial charge on any atom is -0.462 e. The standard InChI is InChI=1S/C11H17F2NO3/c1-15-6-8-2-3-10(17-8)9(14)4-5-16-7-11(12)13/h2-3,9,11H,4-7,14H2,1H3. The Morgan fingerprint density at radius 2 is 2.18 bits per heavy atom. The number of methoxy groups -OCH3 is 1. The molecule has 98 valence electrons. The Balaban J connectivity index is 2.28. The highest BCUT2D eigenvalue weighted by Crippen LogP contribution is 2.18. The summed E-state index contributed by atoms with van der Waals surface area (Å²) in [5, 5.41) is 0. The number of halogens is 2. The average Bonchev–Trinajstić information content (AvgIpc) is 2.73. The van der Waals surface area contributed by atoms with Gasteiger partial charge in [-0.25, -0.2) is 8.78 Å². The van der Waals surface area contributed by atoms with Gasteiger partial charge in [0.25, 0.3) is 6.43 Å². The van der Waals surface area contributed by atoms with E-state index in [1.165, 1.54) is 0 Å². The normalized spacial score (nSPS) is 13.2. The molecule has 1 aromatic heterocycles. The molecule has 0 spiro atoms. The van der Waals surface area contributed by atoms with Gasteiger partial charge in [0.2, 0.25) is 0 Å². The van der Waals surface area contributed by atoms with E-state index in [0.29, 0.717) is 24.5 Å². The molecule has 0 radical (unpaired) electrons. The fraction of sp³-hybridized carbons (Fsp3) is 0.636. The first-order chi connectivity index (χ1) is 8.13. The predicted octanol–water partition coefficient (Wildman–Crippen LogP) is 2.10. The molecule has 0 aromatic carbocycles. The molecule has 0 bridgehead atoms. The van der Waals surface area contributed by atoms with Gasteiger partial charge in [-0.1, -0.05) is 0 Å². The van der Waals surface area contributed by atoms with Crippen molar-refractivity contribution in [1.29, 1.82) is 0 Å². The first kappa shape index (κ1) is 14.1. The molecule has 1 heterocycles. The molecular weight excluding hydrogens is 232 g/mol. The monoisotopic (exact) mass is 249 g/mol. The molecule has 0 amide bonds. The lowest BCUT2D eigenvalue weighted by Crippen LogP contribution is -2.14. The molecule has 1 unspecified atom stereocenters. The number of nitrogens with two attached hydrogens (primary N) is 1. The van der Waals surface area contributed by atoms with E-state index in [-0.39, 0.29) is 12.6 Å². The van der Waals surface area contributed by atoms with E-state index in [1.54, 1.807) is 19.2 Å². The van der Waals surface area contributed by atoms with Crippen LogP contribution in [0.4, 0.5) is 8.78 Å². The second kappa shape index (κ2) is 7.37. The average molecular weight is 249 g/mol. The van der Waals surface area contributed by atoms with E-state index in [2.05, 4.69) is 0 Å². The van der Waals surface area contributed by atoms with E-state index in [1.807, 2.05) is 0 Å². The topological polar surface area (TPSA) is 57.6 Å². The summed E-state index contributed by atoms with van der Waals surface area (Å²) in [6, 6.07) is 3.18. The van der Waals surface area contributed by atoms with Crippen LogP contribution >= 0.6 is 0 Å². The number of ether oxygens (including phenoxy) is 2. The fourth-order valence-corrected chi connectivity index (χ4v) is 1.34. The van der Waals surface area contributed by atoms with Crippen molar-refractivity contribution >= 4 is 0 Å². The van der Waals surface area contributed by atoms with Gasteiger partial charge in [0.15, 0.2) is 0 Å². The molecule has 0 fully saturated rings. The molecule has 0 aliphatic heterocycles. The van der Waals surface area contributed by atoms with E-state index >= 15 is 0 Å². The molecule has 6 heteroatoms. The quantitative estimate of drug-likeness (QED) is 0.717. The summed E-state index contributed by atoms with van der Waals surface area (Å²) in [5.74, 6) is 1.30. The summed E-state index contributed by atoms with van der Waals surface area (Å²) in [4.78, 5) is 0. The molecule has 0 saturated heterocycles. The predicted molar refractivity (Wildman–Crippen MR) is 57.8 cm³/mol. The van der Waals surface area contributed by atoms with Crippen LogP contribution in [0.2, 0.25) is 0 Å². The Hall–Kier alpha value is -0.980. The number of hydrogen-bond donors (Lipinski definition) is 1. The highest BCUT2D eigenvalue weighted by atomic mass is 19.3. The van der Waals surface area contributed by atoms with Gasteiger partial charge >= 0.3 is 0 Å². The van der Waals surface area contributed by atoms with E-state index in [0.717, 1.165) is 0 Å². The SMILES string of the molecule is COCc1ccc(C(N)CCOCC(F)F)o1. The van der Waals surface area contributed by atoms with Crippen LogP contribution in [0.1, 0.15) is 24.0 Å². The zero-order valence-corrected chi connectivity index (χ0v) is 9.70. The molecule has 1 rings (SSSR count). The second-order valence-corrected chi connectivity index (χ2v) is 3.60. The molecule has 4 nitrogen and oxygen atoms in total. The number of hydrogen-bond acceptors (Lipinski definition) is 4. The third-order valence-corrected chi connectivity index (χ3v) is 2.15. The van der Waals surface area contributed by atoms with Crippen molar-refractivity contribution in [3.8, 4) is 0 Å². The van der Waals surface area contributed by atoms with Crippen molar-refractivity contribution in [2.45, 2.75) is 25.5 Å². The van der Waals surface area contributed by atoms with Crippen molar-refractivity contribution < 1.29 is 22.7 Å². The fourth-order valence-electron chi connectivity index (χ4n) is 1.34. The molecule has 17 heavy (non-hydrogen) atoms. The minimum atomic E-state index is -2.44. The van der Waals surface area contributed by atoms with Crippen LogP contribution in [0.15, 0.2) is 16.5 Å². The van der Waals surface area contributed by atoms with Gasteiger partial charge in [0.05, 0.1) is 6.04 Å². The summed E-state index contributed by atoms with van der Waals surface area (Å²) in [6.07, 6.45) is -2.00. The molecule has 1 aromatic rings. The van der Waals surface area contributed by atoms with Gasteiger partial charge < -0.3 is 19.6 Å². The number of rotatable bonds is 8. The van der Waals surface area contributed by atoms with Crippen molar-refractivity contribution in [3.05, 3.63) is 23.7 Å². The number of alkyl halides is 2. The van der Waals surface area contributed by atoms with Gasteiger partial charge in [-0.15, -0.1) is 0 Å². The summed E-state index contributed by atoms with van der Waals surface area (Å²) in [5.41, 5.74) is 5.82. The Bertz CT molecular complexity index is 317. The van der Waals surface area contributed by atoms with Gasteiger partial charge in [-0.3, -0.25) is 0 Å². The van der Waals surface area contributed by atoms with Crippen LogP contribution in [0.5, 0.6) is 0 Å². The Morgan fingerprint density at radius 3 is 2.82 bits per heavy atom. The highest BCUT2D eigenvalue weighted by Gasteiger charge is 2.11. The van der Waals surface area contributed by atoms with Gasteiger partial charge in [-0.05, 0) is 18.6 Å². The van der Waals surface area contributed by atoms with Crippen molar-refractivity contribution in [3.63, 3.8) is 0 Å². The Labute approximate surface area is 98.7 Å². The second-order valence-electron chi connectivity index (χ2n) is 3.60. The van der Waals surface area contributed by atoms with Crippen LogP contribution in [-0.4, -0.2) is 26.7 Å². The first-order valence-corrected chi connectivity index (χ1v) is 5.32. The lowest BCUT2D eigenvalue weighted by atomic mass is 10.2. The van der Waals surface area contributed by atoms with Gasteiger partial charge in [0.1, 0.15) is 24.7 Å². The first-order valence-electron chi connectivity index (χ1n) is 5.32. The van der Waals surface area contributed by atoms with Crippen LogP contribution in [0.3, 0.4) is 0 Å². The molecule has 2 N–H and O–H groups in total. The smallest absolute Gasteiger partial charge is 0.261 e. The van der Waals surface area contributed by atoms with Crippen LogP contribution < -0.4 is 5.73 Å². The van der Waals surface area contributed by atoms with E-state index in [4.69, 9.17) is 19.6 Å². The molecule has 0 aliphatic rings. The van der Waals surface area contributed by atoms with Crippen molar-refractivity contribution in [2.24, 2.45) is 5.73 Å². The lowest BCUT2D eigenvalue weighted by molar-refractivity contribution is 0.0147. The Morgan fingerprint density at radius 1 is 1.41 bits per heavy atom. The minimum absolute atomic E-state index is 0.186. The molecular formula is C11H17F2NO3. The van der Waals surface area contributed by atoms with Crippen molar-refractivity contribution in [1.82, 2.24) is 0 Å². The highest BCUT2D eigenvalue weighted by molar-refractivity contribution is 5.09. The van der Waals surface area contributed by atoms with E-state index < -0.39 is 13.0 Å². The van der Waals surface area contributed by atoms with Crippen LogP contribution in [-0.2, 0) is 16.1 Å². The maximum absolute atomic E-state index is 11.8. The summed E-state index contributed by atoms with van der Waals surface area (Å²) >= 11 is 0. The van der Waals surface area contributed by atoms with Crippen molar-refractivity contribution in [2.75, 3.05) is 20.3 Å². The molecule has 1 atom stereocenters. The van der Waals surface area contributed by atoms with Crippen LogP contribution in [0.25, 0.3) is 0 Å². The van der Waals surface area contributed by atoms with Gasteiger partial charge in [-0.2, -0.15) is 0 Å². The zero-order valence-electron chi connectivity index (χ0n) is 9.70. The Kier molecular flexibility index (Phi) is 6.10.